The summed E-state index contributed by atoms with van der Waals surface area (Å²) in [5, 5.41) is 40.5. The Morgan fingerprint density at radius 3 is 2.38 bits per heavy atom. The van der Waals surface area contributed by atoms with Crippen LogP contribution in [0, 0.1) is 11.8 Å². The molecule has 6 fully saturated rings. The van der Waals surface area contributed by atoms with Gasteiger partial charge in [-0.1, -0.05) is 13.3 Å². The minimum absolute atomic E-state index is 0.00570. The minimum atomic E-state index is -1.41. The number of aliphatic hydroxyl groups excluding tert-OH is 3. The lowest BCUT2D eigenvalue weighted by Gasteiger charge is -2.45. The molecule has 0 aromatic rings. The zero-order chi connectivity index (χ0) is 26.0. The van der Waals surface area contributed by atoms with Crippen molar-refractivity contribution in [1.82, 2.24) is 0 Å². The highest BCUT2D eigenvalue weighted by Gasteiger charge is 2.62. The van der Waals surface area contributed by atoms with E-state index in [9.17, 15) is 25.2 Å². The van der Waals surface area contributed by atoms with E-state index in [0.717, 1.165) is 25.7 Å². The van der Waals surface area contributed by atoms with Crippen LogP contribution < -0.4 is 0 Å². The molecule has 0 bridgehead atoms. The maximum absolute atomic E-state index is 11.9. The molecule has 16 atom stereocenters. The Labute approximate surface area is 215 Å². The zero-order valence-corrected chi connectivity index (χ0v) is 21.0. The summed E-state index contributed by atoms with van der Waals surface area (Å²) in [6.07, 6.45) is -6.40. The average Bonchev–Trinajstić information content (AvgIpc) is 3.79. The topological polar surface area (TPSA) is 166 Å². The predicted molar refractivity (Wildman–Crippen MR) is 121 cm³/mol. The lowest BCUT2D eigenvalue weighted by Crippen LogP contribution is -2.60. The van der Waals surface area contributed by atoms with Gasteiger partial charge in [0.05, 0.1) is 24.4 Å². The van der Waals surface area contributed by atoms with Crippen molar-refractivity contribution in [3.63, 3.8) is 0 Å². The Balaban J connectivity index is 1.19. The van der Waals surface area contributed by atoms with Gasteiger partial charge in [0.2, 0.25) is 0 Å². The summed E-state index contributed by atoms with van der Waals surface area (Å²) in [6.45, 7) is 3.64. The molecule has 4 aliphatic heterocycles. The van der Waals surface area contributed by atoms with Crippen molar-refractivity contribution in [2.24, 2.45) is 11.8 Å². The van der Waals surface area contributed by atoms with Crippen LogP contribution in [-0.2, 0) is 38.0 Å². The summed E-state index contributed by atoms with van der Waals surface area (Å²) in [4.78, 5) is 11.9. The van der Waals surface area contributed by atoms with Gasteiger partial charge >= 0.3 is 5.97 Å². The highest BCUT2D eigenvalue weighted by Crippen LogP contribution is 2.47. The van der Waals surface area contributed by atoms with Gasteiger partial charge in [-0.25, -0.2) is 4.79 Å². The van der Waals surface area contributed by atoms with Crippen molar-refractivity contribution in [1.29, 1.82) is 0 Å². The van der Waals surface area contributed by atoms with Gasteiger partial charge in [-0.05, 0) is 50.9 Å². The summed E-state index contributed by atoms with van der Waals surface area (Å²) in [6, 6.07) is 0. The van der Waals surface area contributed by atoms with E-state index in [0.29, 0.717) is 18.8 Å². The molecule has 210 valence electrons. The largest absolute Gasteiger partial charge is 0.479 e. The molecule has 6 rings (SSSR count). The molecule has 0 aromatic heterocycles. The molecule has 4 N–H and O–H groups in total. The summed E-state index contributed by atoms with van der Waals surface area (Å²) in [5.74, 6) is -0.650. The second-order valence-electron chi connectivity index (χ2n) is 11.5. The van der Waals surface area contributed by atoms with E-state index in [-0.39, 0.29) is 12.0 Å². The first kappa shape index (κ1) is 26.3. The molecule has 4 saturated heterocycles. The van der Waals surface area contributed by atoms with Crippen LogP contribution >= 0.6 is 0 Å². The highest BCUT2D eigenvalue weighted by molar-refractivity contribution is 5.72. The maximum atomic E-state index is 11.9. The number of carboxylic acid groups (broad SMARTS) is 1. The van der Waals surface area contributed by atoms with Crippen LogP contribution in [0.15, 0.2) is 0 Å². The third kappa shape index (κ3) is 5.18. The van der Waals surface area contributed by atoms with Crippen LogP contribution in [0.4, 0.5) is 0 Å². The smallest absolute Gasteiger partial charge is 0.332 e. The number of aliphatic hydroxyl groups is 3. The maximum Gasteiger partial charge on any atom is 0.332 e. The Hall–Kier alpha value is -0.930. The monoisotopic (exact) mass is 530 g/mol. The molecule has 0 amide bonds. The van der Waals surface area contributed by atoms with Crippen LogP contribution in [0.5, 0.6) is 0 Å². The van der Waals surface area contributed by atoms with Gasteiger partial charge in [0.25, 0.3) is 0 Å². The standard InChI is InChI=1S/C25H38O12/c1-9-4-3-5-12(18(9)35-23-17(28)16(27)15(26)10(2)31-23)34-24-20-19(21-25(36-21)37-24)32-13(22(29)30)7-6-11-8-14(11)33-20/h9-21,23-28H,3-8H2,1-2H3,(H,29,30). The van der Waals surface area contributed by atoms with Crippen molar-refractivity contribution in [2.75, 3.05) is 0 Å². The van der Waals surface area contributed by atoms with E-state index in [4.69, 9.17) is 33.2 Å². The average molecular weight is 531 g/mol. The Kier molecular flexibility index (Phi) is 7.27. The van der Waals surface area contributed by atoms with E-state index < -0.39 is 85.9 Å². The van der Waals surface area contributed by atoms with Crippen LogP contribution in [0.25, 0.3) is 0 Å². The molecule has 12 nitrogen and oxygen atoms in total. The van der Waals surface area contributed by atoms with E-state index in [2.05, 4.69) is 0 Å². The van der Waals surface area contributed by atoms with Crippen LogP contribution in [0.3, 0.4) is 0 Å². The van der Waals surface area contributed by atoms with Gasteiger partial charge < -0.3 is 53.6 Å². The molecule has 12 heteroatoms. The number of carboxylic acids is 1. The van der Waals surface area contributed by atoms with Crippen molar-refractivity contribution in [2.45, 2.75) is 138 Å². The van der Waals surface area contributed by atoms with Crippen molar-refractivity contribution >= 4 is 5.97 Å². The quantitative estimate of drug-likeness (QED) is 0.349. The van der Waals surface area contributed by atoms with E-state index in [1.54, 1.807) is 6.92 Å². The molecular formula is C25H38O12. The van der Waals surface area contributed by atoms with Crippen molar-refractivity contribution < 1.29 is 58.4 Å². The first-order valence-corrected chi connectivity index (χ1v) is 13.6. The van der Waals surface area contributed by atoms with Gasteiger partial charge in [-0.3, -0.25) is 0 Å². The number of aliphatic carboxylic acids is 1. The molecule has 2 aliphatic carbocycles. The molecule has 0 radical (unpaired) electrons. The predicted octanol–water partition coefficient (Wildman–Crippen LogP) is -0.109. The lowest BCUT2D eigenvalue weighted by atomic mass is 9.85. The number of ether oxygens (including phenoxy) is 7. The van der Waals surface area contributed by atoms with Crippen LogP contribution in [-0.4, -0.2) is 112 Å². The fourth-order valence-electron chi connectivity index (χ4n) is 6.26. The van der Waals surface area contributed by atoms with Crippen molar-refractivity contribution in [3.05, 3.63) is 0 Å². The molecule has 6 aliphatic rings. The number of hydrogen-bond donors (Lipinski definition) is 4. The zero-order valence-electron chi connectivity index (χ0n) is 21.0. The highest BCUT2D eigenvalue weighted by atomic mass is 16.8. The fraction of sp³-hybridized carbons (Fsp3) is 0.960. The van der Waals surface area contributed by atoms with Crippen molar-refractivity contribution in [3.8, 4) is 0 Å². The number of hydrogen-bond acceptors (Lipinski definition) is 11. The Morgan fingerprint density at radius 1 is 0.784 bits per heavy atom. The molecule has 4 heterocycles. The van der Waals surface area contributed by atoms with Gasteiger partial charge in [-0.2, -0.15) is 0 Å². The molecule has 2 saturated carbocycles. The number of rotatable bonds is 5. The normalized spacial score (nSPS) is 55.5. The van der Waals surface area contributed by atoms with E-state index in [1.165, 1.54) is 0 Å². The first-order valence-electron chi connectivity index (χ1n) is 13.6. The Bertz CT molecular complexity index is 842. The molecule has 0 aromatic carbocycles. The second kappa shape index (κ2) is 10.2. The SMILES string of the molecule is CC1CCCC(OC2OC3OC3C3OC(C(=O)O)CCC4CC4OC23)C1OC1OC(C)C(O)C(O)C1O. The molecule has 16 unspecified atom stereocenters. The lowest BCUT2D eigenvalue weighted by molar-refractivity contribution is -0.335. The van der Waals surface area contributed by atoms with Gasteiger partial charge in [0.15, 0.2) is 25.0 Å². The molecular weight excluding hydrogens is 492 g/mol. The summed E-state index contributed by atoms with van der Waals surface area (Å²) < 4.78 is 42.6. The van der Waals surface area contributed by atoms with E-state index >= 15 is 0 Å². The fourth-order valence-corrected chi connectivity index (χ4v) is 6.26. The summed E-state index contributed by atoms with van der Waals surface area (Å²) in [7, 11) is 0. The first-order chi connectivity index (χ1) is 17.7. The van der Waals surface area contributed by atoms with Gasteiger partial charge in [0, 0.05) is 0 Å². The Morgan fingerprint density at radius 2 is 1.59 bits per heavy atom. The molecule has 0 spiro atoms. The number of epoxide rings is 1. The van der Waals surface area contributed by atoms with Crippen LogP contribution in [0.1, 0.15) is 52.4 Å². The molecule has 37 heavy (non-hydrogen) atoms. The number of carbonyl (C=O) groups is 1. The summed E-state index contributed by atoms with van der Waals surface area (Å²) >= 11 is 0. The summed E-state index contributed by atoms with van der Waals surface area (Å²) in [5.41, 5.74) is 0. The third-order valence-electron chi connectivity index (χ3n) is 8.74. The van der Waals surface area contributed by atoms with Gasteiger partial charge in [0.1, 0.15) is 36.6 Å². The number of fused-ring (bicyclic) bond motifs is 4. The van der Waals surface area contributed by atoms with E-state index in [1.807, 2.05) is 6.92 Å². The third-order valence-corrected chi connectivity index (χ3v) is 8.74. The van der Waals surface area contributed by atoms with Gasteiger partial charge in [-0.15, -0.1) is 0 Å². The second-order valence-corrected chi connectivity index (χ2v) is 11.5. The van der Waals surface area contributed by atoms with Crippen LogP contribution in [0.2, 0.25) is 0 Å². The minimum Gasteiger partial charge on any atom is -0.479 e.